The third-order valence-electron chi connectivity index (χ3n) is 14.9. The molecule has 7 aromatic rings. The Morgan fingerprint density at radius 1 is 0.753 bits per heavy atom. The quantitative estimate of drug-likeness (QED) is 0.0783. The van der Waals surface area contributed by atoms with Crippen LogP contribution in [0, 0.1) is 10.8 Å². The second kappa shape index (κ2) is 21.8. The highest BCUT2D eigenvalue weighted by molar-refractivity contribution is 7.13. The minimum absolute atomic E-state index is 0.00825. The van der Waals surface area contributed by atoms with E-state index in [1.807, 2.05) is 64.9 Å². The van der Waals surface area contributed by atoms with Crippen LogP contribution in [0.25, 0.3) is 0 Å². The molecule has 398 valence electrons. The fourth-order valence-electron chi connectivity index (χ4n) is 11.4. The number of thiazole rings is 2. The first-order valence-corrected chi connectivity index (χ1v) is 28.1. The lowest BCUT2D eigenvalue weighted by Crippen LogP contribution is -2.30. The Kier molecular flexibility index (Phi) is 14.7. The lowest BCUT2D eigenvalue weighted by Gasteiger charge is -2.34. The van der Waals surface area contributed by atoms with Crippen LogP contribution < -0.4 is 29.0 Å². The average Bonchev–Trinajstić information content (AvgIpc) is 4.34. The molecule has 13 nitrogen and oxygen atoms in total. The molecule has 0 spiro atoms. The van der Waals surface area contributed by atoms with Crippen LogP contribution in [0.3, 0.4) is 0 Å². The van der Waals surface area contributed by atoms with Crippen molar-refractivity contribution in [3.63, 3.8) is 0 Å². The minimum atomic E-state index is -0.462. The molecular formula is C62H66N6O7S2. The number of rotatable bonds is 20. The first-order valence-electron chi connectivity index (χ1n) is 26.4. The van der Waals surface area contributed by atoms with E-state index in [9.17, 15) is 9.59 Å². The van der Waals surface area contributed by atoms with Crippen molar-refractivity contribution in [2.24, 2.45) is 10.8 Å². The molecular weight excluding hydrogens is 1000 g/mol. The van der Waals surface area contributed by atoms with Gasteiger partial charge in [0.25, 0.3) is 11.8 Å². The Hall–Kier alpha value is -7.04. The van der Waals surface area contributed by atoms with Crippen molar-refractivity contribution in [3.8, 4) is 28.7 Å². The molecule has 2 amide bonds. The van der Waals surface area contributed by atoms with Crippen LogP contribution in [0.15, 0.2) is 139 Å². The van der Waals surface area contributed by atoms with Crippen LogP contribution in [0.1, 0.15) is 117 Å². The highest BCUT2D eigenvalue weighted by Gasteiger charge is 2.46. The smallest absolute Gasteiger partial charge is 0.271 e. The molecule has 2 bridgehead atoms. The van der Waals surface area contributed by atoms with Crippen molar-refractivity contribution >= 4 is 34.5 Å². The highest BCUT2D eigenvalue weighted by Crippen LogP contribution is 2.51. The van der Waals surface area contributed by atoms with E-state index < -0.39 is 6.29 Å². The van der Waals surface area contributed by atoms with E-state index in [1.54, 1.807) is 13.3 Å². The molecule has 2 unspecified atom stereocenters. The topological polar surface area (TPSA) is 128 Å². The summed E-state index contributed by atoms with van der Waals surface area (Å²) in [6.07, 6.45) is 6.24. The number of carbonyl (C=O) groups excluding carboxylic acids is 2. The summed E-state index contributed by atoms with van der Waals surface area (Å²) in [7, 11) is 1.67. The first-order chi connectivity index (χ1) is 37.1. The fourth-order valence-corrected chi connectivity index (χ4v) is 13.1. The first kappa shape index (κ1) is 52.0. The van der Waals surface area contributed by atoms with E-state index in [0.717, 1.165) is 86.1 Å². The van der Waals surface area contributed by atoms with Crippen LogP contribution in [0.5, 0.6) is 28.7 Å². The average molecular weight is 1070 g/mol. The third kappa shape index (κ3) is 12.4. The van der Waals surface area contributed by atoms with Crippen molar-refractivity contribution < 1.29 is 33.3 Å². The van der Waals surface area contributed by atoms with Gasteiger partial charge in [0.15, 0.2) is 23.0 Å². The number of likely N-dealkylation sites (tertiary alicyclic amines) is 1. The summed E-state index contributed by atoms with van der Waals surface area (Å²) < 4.78 is 29.8. The van der Waals surface area contributed by atoms with Gasteiger partial charge >= 0.3 is 0 Å². The van der Waals surface area contributed by atoms with Crippen LogP contribution in [-0.4, -0.2) is 63.2 Å². The zero-order chi connectivity index (χ0) is 53.3. The second-order valence-corrected chi connectivity index (χ2v) is 24.7. The Morgan fingerprint density at radius 3 is 2.12 bits per heavy atom. The van der Waals surface area contributed by atoms with Crippen LogP contribution >= 0.6 is 22.7 Å². The molecule has 11 rings (SSSR count). The third-order valence-corrected chi connectivity index (χ3v) is 16.7. The summed E-state index contributed by atoms with van der Waals surface area (Å²) in [4.78, 5) is 44.1. The van der Waals surface area contributed by atoms with Gasteiger partial charge in [0, 0.05) is 62.2 Å². The van der Waals surface area contributed by atoms with Gasteiger partial charge in [-0.15, -0.1) is 22.7 Å². The van der Waals surface area contributed by atoms with E-state index in [2.05, 4.69) is 116 Å². The van der Waals surface area contributed by atoms with Crippen molar-refractivity contribution in [3.05, 3.63) is 193 Å². The molecule has 2 aromatic heterocycles. The summed E-state index contributed by atoms with van der Waals surface area (Å²) >= 11 is 2.98. The number of hydrogen-bond donors (Lipinski definition) is 1. The van der Waals surface area contributed by atoms with Gasteiger partial charge in [0.2, 0.25) is 13.1 Å². The van der Waals surface area contributed by atoms with E-state index >= 15 is 0 Å². The Bertz CT molecular complexity index is 3280. The van der Waals surface area contributed by atoms with E-state index in [0.29, 0.717) is 62.8 Å². The standard InChI is InChI=1S/C62H66N6O7S2/c1-60(2)26-47-27-62(5,38-60)39-68(47)59(70)54-30-63-55(77-54)35-66(33-44-16-22-50-52(24-44)73-40-72-50)31-42-12-18-46(19-13-42)61(3,4)28-57-74-51-23-17-45(25-53(51)75-57)34-67(32-43-14-20-48(71-6)21-15-43)36-56-65-49(37-76-56)58(69)64-29-41-10-8-7-9-11-41/h7-25,27,30,37,57H,26,28-29,31-36,38-40H2,1-6H3,(H,64,69). The lowest BCUT2D eigenvalue weighted by molar-refractivity contribution is 0.0248. The number of hydrogen-bond acceptors (Lipinski definition) is 13. The summed E-state index contributed by atoms with van der Waals surface area (Å²) in [5.41, 5.74) is 8.16. The van der Waals surface area contributed by atoms with Gasteiger partial charge in [-0.25, -0.2) is 9.97 Å². The van der Waals surface area contributed by atoms with Crippen molar-refractivity contribution in [1.29, 1.82) is 0 Å². The van der Waals surface area contributed by atoms with Crippen molar-refractivity contribution in [2.45, 2.75) is 111 Å². The van der Waals surface area contributed by atoms with Crippen LogP contribution in [0.4, 0.5) is 0 Å². The van der Waals surface area contributed by atoms with Gasteiger partial charge in [-0.05, 0) is 93.5 Å². The van der Waals surface area contributed by atoms with Crippen molar-refractivity contribution in [1.82, 2.24) is 30.0 Å². The van der Waals surface area contributed by atoms with Gasteiger partial charge in [-0.3, -0.25) is 19.4 Å². The molecule has 5 aromatic carbocycles. The molecule has 0 saturated heterocycles. The maximum Gasteiger partial charge on any atom is 0.271 e. The summed E-state index contributed by atoms with van der Waals surface area (Å²) in [5.74, 6) is 3.63. The number of amides is 2. The highest BCUT2D eigenvalue weighted by atomic mass is 32.1. The zero-order valence-corrected chi connectivity index (χ0v) is 46.3. The van der Waals surface area contributed by atoms with E-state index in [1.165, 1.54) is 33.8 Å². The molecule has 0 saturated carbocycles. The summed E-state index contributed by atoms with van der Waals surface area (Å²) in [6, 6.07) is 39.1. The molecule has 1 N–H and O–H groups in total. The number of carbonyl (C=O) groups is 2. The summed E-state index contributed by atoms with van der Waals surface area (Å²) in [5, 5.41) is 6.59. The number of methoxy groups -OCH3 is 1. The van der Waals surface area contributed by atoms with Crippen LogP contribution in [-0.2, 0) is 51.2 Å². The molecule has 15 heteroatoms. The molecule has 0 radical (unpaired) electrons. The van der Waals surface area contributed by atoms with Gasteiger partial charge in [0.05, 0.1) is 26.4 Å². The number of fused-ring (bicyclic) bond motifs is 3. The monoisotopic (exact) mass is 1070 g/mol. The van der Waals surface area contributed by atoms with Gasteiger partial charge in [-0.1, -0.05) is 120 Å². The Labute approximate surface area is 459 Å². The fraction of sp³-hybridized carbons (Fsp3) is 0.355. The van der Waals surface area contributed by atoms with Crippen LogP contribution in [0.2, 0.25) is 0 Å². The number of nitrogens with zero attached hydrogens (tertiary/aromatic N) is 5. The largest absolute Gasteiger partial charge is 0.497 e. The lowest BCUT2D eigenvalue weighted by atomic mass is 9.69. The number of nitrogens with one attached hydrogen (secondary N) is 1. The predicted molar refractivity (Wildman–Crippen MR) is 299 cm³/mol. The molecule has 1 aliphatic carbocycles. The van der Waals surface area contributed by atoms with Gasteiger partial charge in [-0.2, -0.15) is 0 Å². The molecule has 5 heterocycles. The number of ether oxygens (including phenoxy) is 5. The van der Waals surface area contributed by atoms with E-state index in [-0.39, 0.29) is 34.9 Å². The second-order valence-electron chi connectivity index (χ2n) is 22.7. The number of aromatic nitrogens is 2. The maximum atomic E-state index is 14.0. The van der Waals surface area contributed by atoms with Gasteiger partial charge in [0.1, 0.15) is 26.3 Å². The SMILES string of the molecule is COc1ccc(CN(Cc2ccc3c(c2)OC(CC(C)(C)c2ccc(CN(Cc4ccc5c(c4)OCO5)Cc4ncc(C(=O)N5CC6(C)C=C5CC(C)(C)C6)s4)cc2)O3)Cc2nc(C(=O)NCc3ccccc3)cs2)cc1. The normalized spacial score (nSPS) is 18.0. The Balaban J connectivity index is 0.733. The van der Waals surface area contributed by atoms with E-state index in [4.69, 9.17) is 33.7 Å². The molecule has 77 heavy (non-hydrogen) atoms. The predicted octanol–water partition coefficient (Wildman–Crippen LogP) is 12.3. The Morgan fingerprint density at radius 2 is 1.39 bits per heavy atom. The van der Waals surface area contributed by atoms with Crippen molar-refractivity contribution in [2.75, 3.05) is 20.4 Å². The number of benzene rings is 5. The zero-order valence-electron chi connectivity index (χ0n) is 44.7. The van der Waals surface area contributed by atoms with Gasteiger partial charge < -0.3 is 33.9 Å². The maximum absolute atomic E-state index is 14.0. The summed E-state index contributed by atoms with van der Waals surface area (Å²) in [6.45, 7) is 16.5. The molecule has 3 aliphatic heterocycles. The minimum Gasteiger partial charge on any atom is -0.497 e. The number of allylic oxidation sites excluding steroid dienone is 1. The molecule has 2 atom stereocenters. The molecule has 4 aliphatic rings. The molecule has 0 fully saturated rings.